The van der Waals surface area contributed by atoms with Crippen molar-refractivity contribution >= 4 is 44.6 Å². The molecule has 8 heteroatoms. The molecule has 6 nitrogen and oxygen atoms in total. The van der Waals surface area contributed by atoms with Gasteiger partial charge >= 0.3 is 0 Å². The van der Waals surface area contributed by atoms with E-state index in [-0.39, 0.29) is 28.6 Å². The number of fused-ring (bicyclic) bond motifs is 1. The number of Topliss-reactive ketones (excluding diaryl/α,β-unsaturated/α-hetero) is 1. The number of aliphatic imine (C=N–C) groups is 1. The number of ketones is 1. The van der Waals surface area contributed by atoms with Crippen LogP contribution < -0.4 is 5.32 Å². The van der Waals surface area contributed by atoms with E-state index >= 15 is 0 Å². The number of nitrogens with one attached hydrogen (secondary N) is 1. The van der Waals surface area contributed by atoms with Crippen molar-refractivity contribution in [1.29, 1.82) is 0 Å². The zero-order valence-corrected chi connectivity index (χ0v) is 15.6. The van der Waals surface area contributed by atoms with Gasteiger partial charge in [0.15, 0.2) is 11.6 Å². The Bertz CT molecular complexity index is 1140. The van der Waals surface area contributed by atoms with E-state index in [1.807, 2.05) is 30.3 Å². The van der Waals surface area contributed by atoms with Crippen LogP contribution in [0.5, 0.6) is 0 Å². The van der Waals surface area contributed by atoms with Gasteiger partial charge in [-0.3, -0.25) is 4.79 Å². The molecule has 2 aromatic rings. The van der Waals surface area contributed by atoms with Gasteiger partial charge in [-0.2, -0.15) is 8.42 Å². The van der Waals surface area contributed by atoms with Gasteiger partial charge in [-0.25, -0.2) is 4.99 Å². The Hall–Kier alpha value is -2.77. The maximum atomic E-state index is 12.9. The third-order valence-corrected chi connectivity index (χ3v) is 5.86. The van der Waals surface area contributed by atoms with Crippen LogP contribution in [-0.4, -0.2) is 25.7 Å². The summed E-state index contributed by atoms with van der Waals surface area (Å²) in [6, 6.07) is 14.7. The van der Waals surface area contributed by atoms with Crippen molar-refractivity contribution in [3.05, 3.63) is 70.9 Å². The topological polar surface area (TPSA) is 88.0 Å². The van der Waals surface area contributed by atoms with E-state index in [9.17, 15) is 13.2 Å². The number of carbonyl (C=O) groups excluding carboxylic acids is 1. The molecule has 2 aliphatic rings. The van der Waals surface area contributed by atoms with Crippen molar-refractivity contribution in [2.75, 3.05) is 5.32 Å². The molecule has 1 N–H and O–H groups in total. The van der Waals surface area contributed by atoms with Gasteiger partial charge in [0.05, 0.1) is 12.1 Å². The monoisotopic (exact) mass is 399 g/mol. The second-order valence-corrected chi connectivity index (χ2v) is 8.18. The molecule has 27 heavy (non-hydrogen) atoms. The van der Waals surface area contributed by atoms with Crippen LogP contribution in [0.4, 0.5) is 5.69 Å². The number of hydrogen-bond acceptors (Lipinski definition) is 5. The van der Waals surface area contributed by atoms with Crippen LogP contribution in [-0.2, 0) is 21.2 Å². The van der Waals surface area contributed by atoms with Gasteiger partial charge in [0, 0.05) is 11.2 Å². The van der Waals surface area contributed by atoms with E-state index in [0.717, 1.165) is 5.56 Å². The summed E-state index contributed by atoms with van der Waals surface area (Å²) in [7, 11) is -3.99. The Morgan fingerprint density at radius 3 is 2.59 bits per heavy atom. The molecular weight excluding hydrogens is 386 g/mol. The van der Waals surface area contributed by atoms with Crippen LogP contribution in [0, 0.1) is 0 Å². The summed E-state index contributed by atoms with van der Waals surface area (Å²) < 4.78 is 29.6. The predicted octanol–water partition coefficient (Wildman–Crippen LogP) is 3.28. The minimum Gasteiger partial charge on any atom is -0.336 e. The van der Waals surface area contributed by atoms with Gasteiger partial charge < -0.3 is 5.32 Å². The minimum absolute atomic E-state index is 0.0258. The number of anilines is 1. The molecule has 0 saturated heterocycles. The largest absolute Gasteiger partial charge is 0.336 e. The summed E-state index contributed by atoms with van der Waals surface area (Å²) in [5.41, 5.74) is 1.96. The van der Waals surface area contributed by atoms with E-state index in [2.05, 4.69) is 14.7 Å². The van der Waals surface area contributed by atoms with Gasteiger partial charge in [-0.1, -0.05) is 54.1 Å². The zero-order chi connectivity index (χ0) is 19.0. The second kappa shape index (κ2) is 6.75. The third-order valence-electron chi connectivity index (χ3n) is 4.21. The molecule has 0 aliphatic carbocycles. The first-order valence-corrected chi connectivity index (χ1v) is 9.99. The fourth-order valence-electron chi connectivity index (χ4n) is 3.04. The summed E-state index contributed by atoms with van der Waals surface area (Å²) >= 11 is 5.81. The Labute approximate surface area is 161 Å². The van der Waals surface area contributed by atoms with Crippen molar-refractivity contribution in [2.45, 2.75) is 17.7 Å². The quantitative estimate of drug-likeness (QED) is 0.857. The average molecular weight is 400 g/mol. The van der Waals surface area contributed by atoms with Crippen molar-refractivity contribution in [3.63, 3.8) is 0 Å². The molecule has 0 saturated carbocycles. The first kappa shape index (κ1) is 17.6. The first-order chi connectivity index (χ1) is 12.9. The van der Waals surface area contributed by atoms with Crippen LogP contribution in [0.25, 0.3) is 0 Å². The molecule has 0 unspecified atom stereocenters. The Kier molecular flexibility index (Phi) is 4.41. The summed E-state index contributed by atoms with van der Waals surface area (Å²) in [6.07, 6.45) is 1.76. The van der Waals surface area contributed by atoms with Crippen LogP contribution in [0.2, 0.25) is 0 Å². The number of amidine groups is 1. The third kappa shape index (κ3) is 3.43. The maximum absolute atomic E-state index is 12.9. The number of carbonyl (C=O) groups is 1. The predicted molar refractivity (Wildman–Crippen MR) is 105 cm³/mol. The smallest absolute Gasteiger partial charge is 0.286 e. The lowest BCUT2D eigenvalue weighted by Gasteiger charge is -2.21. The second-order valence-electron chi connectivity index (χ2n) is 6.15. The van der Waals surface area contributed by atoms with E-state index in [4.69, 9.17) is 11.6 Å². The minimum atomic E-state index is -3.99. The van der Waals surface area contributed by atoms with E-state index < -0.39 is 10.0 Å². The van der Waals surface area contributed by atoms with Gasteiger partial charge in [0.25, 0.3) is 10.0 Å². The SMILES string of the molecule is O=C1CC(Cl)=CN=C1C1=NS(=O)(=O)c2c(Cc3ccccc3)cccc2N1. The maximum Gasteiger partial charge on any atom is 0.286 e. The number of benzene rings is 2. The van der Waals surface area contributed by atoms with E-state index in [1.165, 1.54) is 6.20 Å². The van der Waals surface area contributed by atoms with E-state index in [1.54, 1.807) is 18.2 Å². The van der Waals surface area contributed by atoms with Crippen molar-refractivity contribution in [2.24, 2.45) is 9.39 Å². The summed E-state index contributed by atoms with van der Waals surface area (Å²) in [5, 5.41) is 3.24. The number of allylic oxidation sites excluding steroid dienone is 1. The normalized spacial score (nSPS) is 18.0. The summed E-state index contributed by atoms with van der Waals surface area (Å²) in [5.74, 6) is -0.461. The summed E-state index contributed by atoms with van der Waals surface area (Å²) in [6.45, 7) is 0. The fraction of sp³-hybridized carbons (Fsp3) is 0.105. The number of sulfonamides is 1. The highest BCUT2D eigenvalue weighted by molar-refractivity contribution is 7.90. The molecule has 4 rings (SSSR count). The van der Waals surface area contributed by atoms with Crippen LogP contribution in [0.15, 0.2) is 74.0 Å². The number of nitrogens with zero attached hydrogens (tertiary/aromatic N) is 2. The lowest BCUT2D eigenvalue weighted by molar-refractivity contribution is -0.112. The molecule has 2 heterocycles. The molecule has 0 radical (unpaired) electrons. The standard InChI is InChI=1S/C19H14ClN3O3S/c20-14-10-16(24)17(21-11-14)19-22-15-8-4-7-13(18(15)27(25,26)23-19)9-12-5-2-1-3-6-12/h1-8,11H,9-10H2,(H,22,23). The molecule has 136 valence electrons. The lowest BCUT2D eigenvalue weighted by Crippen LogP contribution is -2.35. The molecule has 2 aromatic carbocycles. The average Bonchev–Trinajstić information content (AvgIpc) is 2.61. The molecular formula is C19H14ClN3O3S. The Balaban J connectivity index is 1.77. The molecule has 0 spiro atoms. The Morgan fingerprint density at radius 1 is 1.07 bits per heavy atom. The molecule has 0 bridgehead atoms. The van der Waals surface area contributed by atoms with Gasteiger partial charge in [0.2, 0.25) is 0 Å². The molecule has 2 aliphatic heterocycles. The highest BCUT2D eigenvalue weighted by Crippen LogP contribution is 2.32. The molecule has 0 amide bonds. The molecule has 0 atom stereocenters. The van der Waals surface area contributed by atoms with E-state index in [0.29, 0.717) is 22.7 Å². The first-order valence-electron chi connectivity index (χ1n) is 8.18. The fourth-order valence-corrected chi connectivity index (χ4v) is 4.55. The lowest BCUT2D eigenvalue weighted by atomic mass is 10.0. The van der Waals surface area contributed by atoms with Crippen LogP contribution in [0.1, 0.15) is 17.5 Å². The summed E-state index contributed by atoms with van der Waals surface area (Å²) in [4.78, 5) is 16.2. The number of hydrogen-bond donors (Lipinski definition) is 1. The van der Waals surface area contributed by atoms with Gasteiger partial charge in [-0.05, 0) is 23.6 Å². The number of rotatable bonds is 3. The molecule has 0 aromatic heterocycles. The van der Waals surface area contributed by atoms with Crippen LogP contribution in [0.3, 0.4) is 0 Å². The van der Waals surface area contributed by atoms with Crippen molar-refractivity contribution in [3.8, 4) is 0 Å². The number of halogens is 1. The molecule has 0 fully saturated rings. The van der Waals surface area contributed by atoms with Gasteiger partial charge in [-0.15, -0.1) is 4.40 Å². The van der Waals surface area contributed by atoms with Crippen LogP contribution >= 0.6 is 11.6 Å². The highest BCUT2D eigenvalue weighted by Gasteiger charge is 2.32. The van der Waals surface area contributed by atoms with Gasteiger partial charge in [0.1, 0.15) is 10.6 Å². The Morgan fingerprint density at radius 2 is 1.85 bits per heavy atom. The highest BCUT2D eigenvalue weighted by atomic mass is 35.5. The van der Waals surface area contributed by atoms with Crippen molar-refractivity contribution < 1.29 is 13.2 Å². The van der Waals surface area contributed by atoms with Crippen molar-refractivity contribution in [1.82, 2.24) is 0 Å². The zero-order valence-electron chi connectivity index (χ0n) is 14.0.